The summed E-state index contributed by atoms with van der Waals surface area (Å²) in [6, 6.07) is 5.64. The van der Waals surface area contributed by atoms with E-state index in [2.05, 4.69) is 9.97 Å². The third kappa shape index (κ3) is 1.81. The molecule has 1 radical (unpaired) electrons. The number of fused-ring (bicyclic) bond motifs is 1. The lowest BCUT2D eigenvalue weighted by Crippen LogP contribution is -1.69. The molecule has 4 heteroatoms. The van der Waals surface area contributed by atoms with Crippen molar-refractivity contribution in [2.75, 3.05) is 0 Å². The Morgan fingerprint density at radius 1 is 1.54 bits per heavy atom. The van der Waals surface area contributed by atoms with E-state index in [0.717, 1.165) is 21.2 Å². The van der Waals surface area contributed by atoms with Crippen LogP contribution in [0, 0.1) is 5.75 Å². The normalized spacial score (nSPS) is 10.9. The molecule has 0 spiro atoms. The molecule has 0 saturated carbocycles. The lowest BCUT2D eigenvalue weighted by Gasteiger charge is -1.87. The van der Waals surface area contributed by atoms with Gasteiger partial charge in [0.25, 0.3) is 0 Å². The zero-order chi connectivity index (χ0) is 9.26. The maximum Gasteiger partial charge on any atom is 0.166 e. The number of nitrogens with one attached hydrogen (secondary N) is 1. The number of hydrogen-bond acceptors (Lipinski definition) is 2. The molecule has 0 saturated heterocycles. The number of imidazole rings is 1. The van der Waals surface area contributed by atoms with E-state index in [9.17, 15) is 0 Å². The highest BCUT2D eigenvalue weighted by Crippen LogP contribution is 2.22. The molecular weight excluding hydrogens is 204 g/mol. The van der Waals surface area contributed by atoms with Crippen LogP contribution < -0.4 is 0 Å². The minimum Gasteiger partial charge on any atom is -0.333 e. The number of halogens is 1. The van der Waals surface area contributed by atoms with E-state index in [-0.39, 0.29) is 0 Å². The molecule has 0 amide bonds. The summed E-state index contributed by atoms with van der Waals surface area (Å²) >= 11 is 7.41. The van der Waals surface area contributed by atoms with Crippen molar-refractivity contribution in [1.29, 1.82) is 0 Å². The fourth-order valence-electron chi connectivity index (χ4n) is 1.12. The van der Waals surface area contributed by atoms with Crippen molar-refractivity contribution in [2.24, 2.45) is 0 Å². The monoisotopic (exact) mass is 211 g/mol. The van der Waals surface area contributed by atoms with Crippen LogP contribution in [0.25, 0.3) is 11.0 Å². The number of aromatic amines is 1. The topological polar surface area (TPSA) is 28.7 Å². The van der Waals surface area contributed by atoms with Crippen molar-refractivity contribution < 1.29 is 0 Å². The molecule has 1 aromatic carbocycles. The van der Waals surface area contributed by atoms with E-state index in [1.807, 2.05) is 30.9 Å². The van der Waals surface area contributed by atoms with Gasteiger partial charge < -0.3 is 4.98 Å². The number of hydrogen-bond donors (Lipinski definition) is 1. The lowest BCUT2D eigenvalue weighted by atomic mass is 10.3. The van der Waals surface area contributed by atoms with Gasteiger partial charge in [-0.25, -0.2) is 4.98 Å². The summed E-state index contributed by atoms with van der Waals surface area (Å²) in [4.78, 5) is 7.54. The molecular formula is C9H8ClN2S. The first kappa shape index (κ1) is 8.91. The van der Waals surface area contributed by atoms with Crippen LogP contribution in [0.5, 0.6) is 0 Å². The van der Waals surface area contributed by atoms with Crippen LogP contribution in [0.2, 0.25) is 5.02 Å². The molecule has 13 heavy (non-hydrogen) atoms. The van der Waals surface area contributed by atoms with E-state index in [0.29, 0.717) is 0 Å². The third-order valence-electron chi connectivity index (χ3n) is 1.65. The predicted octanol–water partition coefficient (Wildman–Crippen LogP) is 3.49. The Morgan fingerprint density at radius 2 is 2.38 bits per heavy atom. The standard InChI is InChI=1S/C9H8ClN2S/c1-2-13-9-11-7-4-3-6(10)5-8(7)12-9/h2-5H,1H3,(H,11,12). The van der Waals surface area contributed by atoms with Crippen molar-refractivity contribution in [2.45, 2.75) is 12.1 Å². The number of H-pyrrole nitrogens is 1. The Labute approximate surface area is 85.7 Å². The Morgan fingerprint density at radius 3 is 3.15 bits per heavy atom. The Kier molecular flexibility index (Phi) is 2.47. The van der Waals surface area contributed by atoms with Gasteiger partial charge in [-0.1, -0.05) is 30.3 Å². The second-order valence-electron chi connectivity index (χ2n) is 2.56. The van der Waals surface area contributed by atoms with Crippen LogP contribution >= 0.6 is 23.4 Å². The summed E-state index contributed by atoms with van der Waals surface area (Å²) in [7, 11) is 0. The average molecular weight is 212 g/mol. The molecule has 67 valence electrons. The van der Waals surface area contributed by atoms with E-state index < -0.39 is 0 Å². The molecule has 0 unspecified atom stereocenters. The van der Waals surface area contributed by atoms with Gasteiger partial charge in [-0.05, 0) is 18.2 Å². The van der Waals surface area contributed by atoms with Gasteiger partial charge >= 0.3 is 0 Å². The quantitative estimate of drug-likeness (QED) is 0.771. The highest BCUT2D eigenvalue weighted by Gasteiger charge is 2.02. The van der Waals surface area contributed by atoms with Gasteiger partial charge in [0, 0.05) is 10.8 Å². The van der Waals surface area contributed by atoms with E-state index in [1.165, 1.54) is 0 Å². The van der Waals surface area contributed by atoms with Crippen LogP contribution in [0.1, 0.15) is 6.92 Å². The van der Waals surface area contributed by atoms with Gasteiger partial charge in [-0.3, -0.25) is 0 Å². The second kappa shape index (κ2) is 3.60. The summed E-state index contributed by atoms with van der Waals surface area (Å²) in [5.74, 6) is 1.99. The first-order valence-electron chi connectivity index (χ1n) is 3.89. The molecule has 2 aromatic rings. The molecule has 2 nitrogen and oxygen atoms in total. The molecule has 1 aromatic heterocycles. The van der Waals surface area contributed by atoms with Gasteiger partial charge in [0.2, 0.25) is 0 Å². The maximum atomic E-state index is 5.84. The predicted molar refractivity (Wildman–Crippen MR) is 56.9 cm³/mol. The molecule has 0 aliphatic heterocycles. The van der Waals surface area contributed by atoms with Crippen LogP contribution in [0.4, 0.5) is 0 Å². The van der Waals surface area contributed by atoms with Crippen LogP contribution in [0.15, 0.2) is 23.4 Å². The van der Waals surface area contributed by atoms with Gasteiger partial charge in [0.15, 0.2) is 5.16 Å². The van der Waals surface area contributed by atoms with E-state index >= 15 is 0 Å². The highest BCUT2D eigenvalue weighted by molar-refractivity contribution is 8.01. The van der Waals surface area contributed by atoms with Crippen molar-refractivity contribution in [3.8, 4) is 0 Å². The Hall–Kier alpha value is -0.670. The zero-order valence-electron chi connectivity index (χ0n) is 7.04. The molecule has 1 N–H and O–H groups in total. The fraction of sp³-hybridized carbons (Fsp3) is 0.111. The summed E-state index contributed by atoms with van der Waals surface area (Å²) in [5, 5.41) is 1.62. The van der Waals surface area contributed by atoms with E-state index in [4.69, 9.17) is 11.6 Å². The molecule has 0 atom stereocenters. The lowest BCUT2D eigenvalue weighted by molar-refractivity contribution is 1.08. The number of nitrogens with zero attached hydrogens (tertiary/aromatic N) is 1. The molecule has 0 bridgehead atoms. The number of rotatable bonds is 2. The first-order valence-corrected chi connectivity index (χ1v) is 5.15. The number of thioether (sulfide) groups is 1. The summed E-state index contributed by atoms with van der Waals surface area (Å²) in [5.41, 5.74) is 1.94. The molecule has 2 rings (SSSR count). The first-order chi connectivity index (χ1) is 6.29. The Balaban J connectivity index is 2.49. The smallest absolute Gasteiger partial charge is 0.166 e. The second-order valence-corrected chi connectivity index (χ2v) is 4.09. The fourth-order valence-corrected chi connectivity index (χ4v) is 1.83. The van der Waals surface area contributed by atoms with Crippen molar-refractivity contribution in [3.63, 3.8) is 0 Å². The Bertz CT molecular complexity index is 424. The van der Waals surface area contributed by atoms with Gasteiger partial charge in [-0.15, -0.1) is 0 Å². The zero-order valence-corrected chi connectivity index (χ0v) is 8.62. The summed E-state index contributed by atoms with van der Waals surface area (Å²) in [6.45, 7) is 1.98. The average Bonchev–Trinajstić information content (AvgIpc) is 2.46. The van der Waals surface area contributed by atoms with Gasteiger partial charge in [-0.2, -0.15) is 0 Å². The molecule has 1 heterocycles. The van der Waals surface area contributed by atoms with Gasteiger partial charge in [0.05, 0.1) is 11.0 Å². The van der Waals surface area contributed by atoms with Crippen LogP contribution in [-0.2, 0) is 0 Å². The number of benzene rings is 1. The number of aromatic nitrogens is 2. The third-order valence-corrected chi connectivity index (χ3v) is 2.54. The van der Waals surface area contributed by atoms with Gasteiger partial charge in [0.1, 0.15) is 0 Å². The van der Waals surface area contributed by atoms with Crippen LogP contribution in [0.3, 0.4) is 0 Å². The SMILES string of the molecule is C[CH]Sc1nc2cc(Cl)ccc2[nH]1. The minimum atomic E-state index is 0.719. The summed E-state index contributed by atoms with van der Waals surface area (Å²) < 4.78 is 0. The molecule has 0 fully saturated rings. The van der Waals surface area contributed by atoms with E-state index in [1.54, 1.807) is 11.8 Å². The van der Waals surface area contributed by atoms with Crippen molar-refractivity contribution in [3.05, 3.63) is 29.0 Å². The van der Waals surface area contributed by atoms with Crippen LogP contribution in [-0.4, -0.2) is 9.97 Å². The minimum absolute atomic E-state index is 0.719. The molecule has 0 aliphatic carbocycles. The molecule has 0 aliphatic rings. The van der Waals surface area contributed by atoms with Crippen molar-refractivity contribution >= 4 is 34.4 Å². The summed E-state index contributed by atoms with van der Waals surface area (Å²) in [6.07, 6.45) is 0. The van der Waals surface area contributed by atoms with Crippen molar-refractivity contribution in [1.82, 2.24) is 9.97 Å². The largest absolute Gasteiger partial charge is 0.333 e. The maximum absolute atomic E-state index is 5.84. The highest BCUT2D eigenvalue weighted by atomic mass is 35.5.